The van der Waals surface area contributed by atoms with E-state index < -0.39 is 0 Å². The second-order valence-electron chi connectivity index (χ2n) is 8.72. The molecule has 1 aromatic heterocycles. The van der Waals surface area contributed by atoms with E-state index in [1.54, 1.807) is 0 Å². The molecular formula is C26H35ClN4O. The number of aryl methyl sites for hydroxylation is 2. The van der Waals surface area contributed by atoms with Gasteiger partial charge in [-0.1, -0.05) is 30.2 Å². The van der Waals surface area contributed by atoms with Crippen LogP contribution in [0.1, 0.15) is 43.5 Å². The highest BCUT2D eigenvalue weighted by molar-refractivity contribution is 6.30. The molecule has 3 aromatic rings. The zero-order valence-electron chi connectivity index (χ0n) is 19.2. The van der Waals surface area contributed by atoms with Gasteiger partial charge in [-0.15, -0.1) is 0 Å². The van der Waals surface area contributed by atoms with Crippen LogP contribution in [0.3, 0.4) is 0 Å². The topological polar surface area (TPSA) is 42.3 Å². The Hall–Kier alpha value is -2.08. The second kappa shape index (κ2) is 11.7. The maximum Gasteiger partial charge on any atom is 0.148 e. The molecule has 0 aliphatic carbocycles. The molecule has 1 saturated heterocycles. The highest BCUT2D eigenvalue weighted by atomic mass is 35.5. The van der Waals surface area contributed by atoms with Crippen molar-refractivity contribution in [1.29, 1.82) is 0 Å². The second-order valence-corrected chi connectivity index (χ2v) is 9.16. The van der Waals surface area contributed by atoms with Crippen LogP contribution < -0.4 is 10.1 Å². The number of likely N-dealkylation sites (tertiary alicyclic amines) is 1. The lowest BCUT2D eigenvalue weighted by atomic mass is 10.1. The number of nitrogens with zero attached hydrogens (tertiary/aromatic N) is 3. The standard InChI is InChI=1S/C26H35ClN4O/c1-21-8-5-9-24-26(21)29-25(20-32-23-12-10-22(27)11-13-23)31(24)19-7-15-28-14-6-18-30-16-3-2-4-17-30/h5,8-13,28H,2-4,6-7,14-20H2,1H3. The van der Waals surface area contributed by atoms with Gasteiger partial charge in [-0.25, -0.2) is 4.98 Å². The van der Waals surface area contributed by atoms with Crippen LogP contribution in [-0.4, -0.2) is 47.2 Å². The van der Waals surface area contributed by atoms with Crippen molar-refractivity contribution in [3.05, 3.63) is 58.9 Å². The molecule has 0 bridgehead atoms. The van der Waals surface area contributed by atoms with Gasteiger partial charge in [0, 0.05) is 11.6 Å². The van der Waals surface area contributed by atoms with Crippen LogP contribution in [0.4, 0.5) is 0 Å². The van der Waals surface area contributed by atoms with Gasteiger partial charge in [-0.3, -0.25) is 0 Å². The molecule has 1 aliphatic rings. The fourth-order valence-corrected chi connectivity index (χ4v) is 4.60. The van der Waals surface area contributed by atoms with Crippen molar-refractivity contribution in [2.24, 2.45) is 0 Å². The summed E-state index contributed by atoms with van der Waals surface area (Å²) < 4.78 is 8.33. The number of ether oxygens (including phenoxy) is 1. The van der Waals surface area contributed by atoms with Gasteiger partial charge in [0.2, 0.25) is 0 Å². The predicted octanol–water partition coefficient (Wildman–Crippen LogP) is 5.43. The molecule has 0 saturated carbocycles. The van der Waals surface area contributed by atoms with E-state index in [0.29, 0.717) is 11.6 Å². The minimum absolute atomic E-state index is 0.443. The third-order valence-corrected chi connectivity index (χ3v) is 6.51. The molecule has 1 N–H and O–H groups in total. The van der Waals surface area contributed by atoms with Crippen LogP contribution in [0.25, 0.3) is 11.0 Å². The largest absolute Gasteiger partial charge is 0.486 e. The Labute approximate surface area is 196 Å². The quantitative estimate of drug-likeness (QED) is 0.392. The van der Waals surface area contributed by atoms with Gasteiger partial charge in [-0.05, 0) is 101 Å². The Kier molecular flexibility index (Phi) is 8.43. The first kappa shape index (κ1) is 23.1. The van der Waals surface area contributed by atoms with Crippen molar-refractivity contribution < 1.29 is 4.74 Å². The number of benzene rings is 2. The number of piperidine rings is 1. The maximum atomic E-state index is 6.01. The van der Waals surface area contributed by atoms with E-state index in [9.17, 15) is 0 Å². The first-order chi connectivity index (χ1) is 15.7. The smallest absolute Gasteiger partial charge is 0.148 e. The van der Waals surface area contributed by atoms with Crippen LogP contribution in [0.5, 0.6) is 5.75 Å². The van der Waals surface area contributed by atoms with Crippen molar-refractivity contribution >= 4 is 22.6 Å². The van der Waals surface area contributed by atoms with Gasteiger partial charge in [0.25, 0.3) is 0 Å². The number of imidazole rings is 1. The first-order valence-electron chi connectivity index (χ1n) is 12.0. The van der Waals surface area contributed by atoms with E-state index in [2.05, 4.69) is 39.9 Å². The van der Waals surface area contributed by atoms with Gasteiger partial charge < -0.3 is 19.5 Å². The molecule has 2 heterocycles. The van der Waals surface area contributed by atoms with Crippen LogP contribution in [0.15, 0.2) is 42.5 Å². The lowest BCUT2D eigenvalue weighted by molar-refractivity contribution is 0.225. The molecule has 0 amide bonds. The van der Waals surface area contributed by atoms with Crippen molar-refractivity contribution in [3.8, 4) is 5.75 Å². The molecule has 5 nitrogen and oxygen atoms in total. The minimum Gasteiger partial charge on any atom is -0.486 e. The summed E-state index contributed by atoms with van der Waals surface area (Å²) in [6.45, 7) is 9.40. The summed E-state index contributed by atoms with van der Waals surface area (Å²) in [6.07, 6.45) is 6.44. The average Bonchev–Trinajstić information content (AvgIpc) is 3.17. The Bertz CT molecular complexity index is 979. The summed E-state index contributed by atoms with van der Waals surface area (Å²) in [7, 11) is 0. The van der Waals surface area contributed by atoms with E-state index in [-0.39, 0.29) is 0 Å². The molecule has 0 atom stereocenters. The molecular weight excluding hydrogens is 420 g/mol. The van der Waals surface area contributed by atoms with Crippen molar-refractivity contribution in [2.45, 2.75) is 52.2 Å². The molecule has 2 aromatic carbocycles. The predicted molar refractivity (Wildman–Crippen MR) is 133 cm³/mol. The Balaban J connectivity index is 1.29. The monoisotopic (exact) mass is 454 g/mol. The SMILES string of the molecule is Cc1cccc2c1nc(COc1ccc(Cl)cc1)n2CCCNCCCN1CCCCC1. The Morgan fingerprint density at radius 1 is 0.969 bits per heavy atom. The number of hydrogen-bond acceptors (Lipinski definition) is 4. The lowest BCUT2D eigenvalue weighted by Gasteiger charge is -2.26. The van der Waals surface area contributed by atoms with Crippen LogP contribution in [0, 0.1) is 6.92 Å². The normalized spacial score (nSPS) is 14.8. The third-order valence-electron chi connectivity index (χ3n) is 6.25. The summed E-state index contributed by atoms with van der Waals surface area (Å²) in [6, 6.07) is 13.9. The number of hydrogen-bond donors (Lipinski definition) is 1. The molecule has 1 fully saturated rings. The van der Waals surface area contributed by atoms with Crippen molar-refractivity contribution in [2.75, 3.05) is 32.7 Å². The lowest BCUT2D eigenvalue weighted by Crippen LogP contribution is -2.32. The highest BCUT2D eigenvalue weighted by Crippen LogP contribution is 2.22. The Morgan fingerprint density at radius 2 is 1.72 bits per heavy atom. The first-order valence-corrected chi connectivity index (χ1v) is 12.3. The number of aromatic nitrogens is 2. The molecule has 172 valence electrons. The number of fused-ring (bicyclic) bond motifs is 1. The molecule has 0 unspecified atom stereocenters. The number of halogens is 1. The van der Waals surface area contributed by atoms with E-state index in [1.807, 2.05) is 24.3 Å². The van der Waals surface area contributed by atoms with Crippen LogP contribution in [0.2, 0.25) is 5.02 Å². The summed E-state index contributed by atoms with van der Waals surface area (Å²) in [4.78, 5) is 7.52. The summed E-state index contributed by atoms with van der Waals surface area (Å²) in [5, 5.41) is 4.34. The highest BCUT2D eigenvalue weighted by Gasteiger charge is 2.13. The van der Waals surface area contributed by atoms with E-state index in [1.165, 1.54) is 56.4 Å². The molecule has 1 aliphatic heterocycles. The fourth-order valence-electron chi connectivity index (χ4n) is 4.47. The molecule has 4 rings (SSSR count). The number of para-hydroxylation sites is 1. The molecule has 32 heavy (non-hydrogen) atoms. The van der Waals surface area contributed by atoms with E-state index >= 15 is 0 Å². The zero-order valence-corrected chi connectivity index (χ0v) is 19.9. The molecule has 0 spiro atoms. The zero-order chi connectivity index (χ0) is 22.2. The van der Waals surface area contributed by atoms with E-state index in [0.717, 1.165) is 43.1 Å². The molecule has 6 heteroatoms. The minimum atomic E-state index is 0.443. The van der Waals surface area contributed by atoms with Crippen molar-refractivity contribution in [3.63, 3.8) is 0 Å². The molecule has 0 radical (unpaired) electrons. The fraction of sp³-hybridized carbons (Fsp3) is 0.500. The number of rotatable bonds is 11. The number of nitrogens with one attached hydrogen (secondary N) is 1. The maximum absolute atomic E-state index is 6.01. The average molecular weight is 455 g/mol. The van der Waals surface area contributed by atoms with Gasteiger partial charge in [0.15, 0.2) is 0 Å². The van der Waals surface area contributed by atoms with Gasteiger partial charge in [-0.2, -0.15) is 0 Å². The van der Waals surface area contributed by atoms with E-state index in [4.69, 9.17) is 21.3 Å². The van der Waals surface area contributed by atoms with Gasteiger partial charge in [0.05, 0.1) is 11.0 Å². The summed E-state index contributed by atoms with van der Waals surface area (Å²) in [5.74, 6) is 1.77. The van der Waals surface area contributed by atoms with Gasteiger partial charge >= 0.3 is 0 Å². The summed E-state index contributed by atoms with van der Waals surface area (Å²) >= 11 is 5.99. The van der Waals surface area contributed by atoms with Crippen LogP contribution in [-0.2, 0) is 13.2 Å². The van der Waals surface area contributed by atoms with Gasteiger partial charge in [0.1, 0.15) is 18.2 Å². The van der Waals surface area contributed by atoms with Crippen LogP contribution >= 0.6 is 11.6 Å². The summed E-state index contributed by atoms with van der Waals surface area (Å²) in [5.41, 5.74) is 3.45. The third kappa shape index (κ3) is 6.25. The Morgan fingerprint density at radius 3 is 2.50 bits per heavy atom. The van der Waals surface area contributed by atoms with Crippen molar-refractivity contribution in [1.82, 2.24) is 19.8 Å².